The fourth-order valence-corrected chi connectivity index (χ4v) is 8.15. The molecule has 0 saturated heterocycles. The average molecular weight is 693 g/mol. The third-order valence-corrected chi connectivity index (χ3v) is 10.2. The lowest BCUT2D eigenvalue weighted by molar-refractivity contribution is 0.0517. The van der Waals surface area contributed by atoms with Gasteiger partial charge in [-0.05, 0) is 147 Å². The summed E-state index contributed by atoms with van der Waals surface area (Å²) in [4.78, 5) is 25.5. The lowest BCUT2D eigenvalue weighted by Crippen LogP contribution is -2.06. The molecule has 0 unspecified atom stereocenters. The van der Waals surface area contributed by atoms with Gasteiger partial charge < -0.3 is 9.47 Å². The number of ether oxygens (including phenoxy) is 2. The number of aryl methyl sites for hydroxylation is 4. The van der Waals surface area contributed by atoms with E-state index < -0.39 is 0 Å². The second kappa shape index (κ2) is 16.6. The van der Waals surface area contributed by atoms with Gasteiger partial charge in [0.15, 0.2) is 0 Å². The van der Waals surface area contributed by atoms with Crippen molar-refractivity contribution in [1.82, 2.24) is 0 Å². The van der Waals surface area contributed by atoms with Crippen LogP contribution in [0.15, 0.2) is 84.9 Å². The van der Waals surface area contributed by atoms with Crippen molar-refractivity contribution in [3.8, 4) is 22.3 Å². The highest BCUT2D eigenvalue weighted by molar-refractivity contribution is 6.23. The number of benzene rings is 6. The van der Waals surface area contributed by atoms with Crippen LogP contribution in [0.3, 0.4) is 0 Å². The Labute approximate surface area is 309 Å². The Morgan fingerprint density at radius 3 is 1.44 bits per heavy atom. The smallest absolute Gasteiger partial charge is 0.338 e. The van der Waals surface area contributed by atoms with E-state index in [4.69, 9.17) is 9.47 Å². The van der Waals surface area contributed by atoms with Crippen LogP contribution in [0.1, 0.15) is 110 Å². The van der Waals surface area contributed by atoms with E-state index in [1.165, 1.54) is 65.7 Å². The standard InChI is InChI=1S/C48H52O4/c1-7-15-35-29-42-43(39-20-14-13-19-37(35)39)36(16-8-2)30-41-38(17-9-3)44(31-21-25-33(26-22-31)47(49)51-11-5)45(40(18-10-4)46(41)42)32-23-27-34(28-24-32)48(50)52-12-6/h13-14,19-30H,7-12,15-18H2,1-6H3. The van der Waals surface area contributed by atoms with E-state index in [1.54, 1.807) is 0 Å². The summed E-state index contributed by atoms with van der Waals surface area (Å²) in [6.07, 6.45) is 7.91. The largest absolute Gasteiger partial charge is 0.462 e. The van der Waals surface area contributed by atoms with Crippen molar-refractivity contribution in [1.29, 1.82) is 0 Å². The number of carbonyl (C=O) groups is 2. The molecule has 0 atom stereocenters. The minimum Gasteiger partial charge on any atom is -0.462 e. The second-order valence-electron chi connectivity index (χ2n) is 13.8. The van der Waals surface area contributed by atoms with Gasteiger partial charge in [0, 0.05) is 0 Å². The molecule has 0 saturated carbocycles. The van der Waals surface area contributed by atoms with E-state index in [-0.39, 0.29) is 11.9 Å². The molecular weight excluding hydrogens is 641 g/mol. The third kappa shape index (κ3) is 6.96. The van der Waals surface area contributed by atoms with Crippen LogP contribution in [-0.2, 0) is 35.2 Å². The fraction of sp³-hybridized carbons (Fsp3) is 0.333. The van der Waals surface area contributed by atoms with Crippen LogP contribution in [0.2, 0.25) is 0 Å². The van der Waals surface area contributed by atoms with Gasteiger partial charge in [-0.3, -0.25) is 0 Å². The Bertz CT molecular complexity index is 2230. The SMILES string of the molecule is CCCc1cc2c3c(CCC)c(-c4ccc(C(=O)OCC)cc4)c(-c4ccc(C(=O)OCC)cc4)c(CCC)c3cc(CCC)c2c2ccccc12. The van der Waals surface area contributed by atoms with E-state index in [9.17, 15) is 9.59 Å². The molecule has 4 heteroatoms. The molecule has 0 aliphatic rings. The maximum atomic E-state index is 12.8. The van der Waals surface area contributed by atoms with E-state index in [0.717, 1.165) is 62.5 Å². The monoisotopic (exact) mass is 692 g/mol. The van der Waals surface area contributed by atoms with Gasteiger partial charge >= 0.3 is 11.9 Å². The van der Waals surface area contributed by atoms with Gasteiger partial charge in [-0.2, -0.15) is 0 Å². The zero-order chi connectivity index (χ0) is 36.8. The highest BCUT2D eigenvalue weighted by atomic mass is 16.5. The topological polar surface area (TPSA) is 52.6 Å². The van der Waals surface area contributed by atoms with Gasteiger partial charge in [0.05, 0.1) is 24.3 Å². The van der Waals surface area contributed by atoms with E-state index in [1.807, 2.05) is 38.1 Å². The molecular formula is C48H52O4. The summed E-state index contributed by atoms with van der Waals surface area (Å²) in [7, 11) is 0. The highest BCUT2D eigenvalue weighted by Gasteiger charge is 2.25. The van der Waals surface area contributed by atoms with Gasteiger partial charge in [0.1, 0.15) is 0 Å². The maximum Gasteiger partial charge on any atom is 0.338 e. The molecule has 4 nitrogen and oxygen atoms in total. The zero-order valence-corrected chi connectivity index (χ0v) is 31.8. The number of rotatable bonds is 14. The second-order valence-corrected chi connectivity index (χ2v) is 13.8. The number of hydrogen-bond donors (Lipinski definition) is 0. The first-order valence-corrected chi connectivity index (χ1v) is 19.4. The molecule has 268 valence electrons. The summed E-state index contributed by atoms with van der Waals surface area (Å²) in [5.74, 6) is -0.624. The van der Waals surface area contributed by atoms with Crippen molar-refractivity contribution in [3.63, 3.8) is 0 Å². The Hall–Kier alpha value is -4.96. The Kier molecular flexibility index (Phi) is 11.7. The molecule has 0 aliphatic heterocycles. The summed E-state index contributed by atoms with van der Waals surface area (Å²) >= 11 is 0. The zero-order valence-electron chi connectivity index (χ0n) is 31.8. The first-order chi connectivity index (χ1) is 25.4. The minimum atomic E-state index is -0.312. The molecule has 0 radical (unpaired) electrons. The Morgan fingerprint density at radius 1 is 0.462 bits per heavy atom. The van der Waals surface area contributed by atoms with Crippen molar-refractivity contribution >= 4 is 44.3 Å². The normalized spacial score (nSPS) is 11.4. The van der Waals surface area contributed by atoms with Crippen LogP contribution in [0.5, 0.6) is 0 Å². The van der Waals surface area contributed by atoms with Crippen molar-refractivity contribution < 1.29 is 19.1 Å². The first kappa shape index (κ1) is 36.8. The van der Waals surface area contributed by atoms with Crippen molar-refractivity contribution in [2.24, 2.45) is 0 Å². The minimum absolute atomic E-state index is 0.312. The molecule has 6 aromatic carbocycles. The summed E-state index contributed by atoms with van der Waals surface area (Å²) in [5, 5.41) is 8.09. The molecule has 0 bridgehead atoms. The Balaban J connectivity index is 1.82. The summed E-state index contributed by atoms with van der Waals surface area (Å²) in [6, 6.07) is 29.9. The highest BCUT2D eigenvalue weighted by Crippen LogP contribution is 2.48. The molecule has 0 amide bonds. The first-order valence-electron chi connectivity index (χ1n) is 19.4. The molecule has 0 N–H and O–H groups in total. The molecule has 6 rings (SSSR count). The van der Waals surface area contributed by atoms with Crippen molar-refractivity contribution in [2.45, 2.75) is 92.9 Å². The maximum absolute atomic E-state index is 12.8. The summed E-state index contributed by atoms with van der Waals surface area (Å²) in [6.45, 7) is 13.4. The van der Waals surface area contributed by atoms with Crippen LogP contribution in [-0.4, -0.2) is 25.2 Å². The van der Waals surface area contributed by atoms with E-state index in [0.29, 0.717) is 24.3 Å². The van der Waals surface area contributed by atoms with Crippen LogP contribution in [0, 0.1) is 0 Å². The van der Waals surface area contributed by atoms with Gasteiger partial charge in [0.25, 0.3) is 0 Å². The third-order valence-electron chi connectivity index (χ3n) is 10.2. The molecule has 52 heavy (non-hydrogen) atoms. The van der Waals surface area contributed by atoms with Gasteiger partial charge in [0.2, 0.25) is 0 Å². The van der Waals surface area contributed by atoms with E-state index in [2.05, 4.69) is 88.4 Å². The summed E-state index contributed by atoms with van der Waals surface area (Å²) in [5.41, 5.74) is 11.1. The average Bonchev–Trinajstić information content (AvgIpc) is 3.16. The fourth-order valence-electron chi connectivity index (χ4n) is 8.15. The van der Waals surface area contributed by atoms with Crippen LogP contribution < -0.4 is 0 Å². The number of fused-ring (bicyclic) bond motifs is 5. The van der Waals surface area contributed by atoms with Gasteiger partial charge in [-0.1, -0.05) is 108 Å². The van der Waals surface area contributed by atoms with Crippen molar-refractivity contribution in [3.05, 3.63) is 118 Å². The summed E-state index contributed by atoms with van der Waals surface area (Å²) < 4.78 is 10.7. The lowest BCUT2D eigenvalue weighted by atomic mass is 9.77. The molecule has 0 aliphatic carbocycles. The van der Waals surface area contributed by atoms with Crippen LogP contribution in [0.4, 0.5) is 0 Å². The Morgan fingerprint density at radius 2 is 0.923 bits per heavy atom. The quantitative estimate of drug-likeness (QED) is 0.0842. The molecule has 6 aromatic rings. The molecule has 0 spiro atoms. The molecule has 0 heterocycles. The predicted octanol–water partition coefficient (Wildman–Crippen LogP) is 12.6. The number of carbonyl (C=O) groups excluding carboxylic acids is 2. The molecule has 0 fully saturated rings. The van der Waals surface area contributed by atoms with Crippen molar-refractivity contribution in [2.75, 3.05) is 13.2 Å². The van der Waals surface area contributed by atoms with Crippen LogP contribution in [0.25, 0.3) is 54.6 Å². The van der Waals surface area contributed by atoms with Gasteiger partial charge in [-0.25, -0.2) is 9.59 Å². The van der Waals surface area contributed by atoms with Crippen LogP contribution >= 0.6 is 0 Å². The number of esters is 2. The lowest BCUT2D eigenvalue weighted by Gasteiger charge is -2.26. The van der Waals surface area contributed by atoms with E-state index >= 15 is 0 Å². The molecule has 0 aromatic heterocycles. The predicted molar refractivity (Wildman–Crippen MR) is 218 cm³/mol. The van der Waals surface area contributed by atoms with Gasteiger partial charge in [-0.15, -0.1) is 0 Å². The number of hydrogen-bond acceptors (Lipinski definition) is 4.